The van der Waals surface area contributed by atoms with Crippen LogP contribution in [0.15, 0.2) is 36.4 Å². The van der Waals surface area contributed by atoms with Gasteiger partial charge in [0.1, 0.15) is 12.4 Å². The van der Waals surface area contributed by atoms with Crippen LogP contribution in [-0.2, 0) is 11.2 Å². The number of carbonyl (C=O) groups excluding carboxylic acids is 1. The van der Waals surface area contributed by atoms with Crippen LogP contribution in [0.25, 0.3) is 0 Å². The van der Waals surface area contributed by atoms with Crippen LogP contribution in [-0.4, -0.2) is 40.1 Å². The average Bonchev–Trinajstić information content (AvgIpc) is 3.17. The van der Waals surface area contributed by atoms with Crippen LogP contribution >= 0.6 is 0 Å². The highest BCUT2D eigenvalue weighted by Crippen LogP contribution is 2.35. The molecule has 27 heavy (non-hydrogen) atoms. The number of amides is 1. The monoisotopic (exact) mass is 373 g/mol. The standard InChI is InChI=1S/C20H23NO6/c1-23-16-6-3-14(11-18(16)24-2)4-8-20(22)21-9-10-25-15-5-7-17-19(12-15)27-13-26-17/h3,5-7,11-12H,4,8-10,13H2,1-2H3,(H,21,22). The molecule has 1 aliphatic rings. The molecule has 1 heterocycles. The molecule has 0 unspecified atom stereocenters. The van der Waals surface area contributed by atoms with Crippen LogP contribution in [0.1, 0.15) is 12.0 Å². The summed E-state index contributed by atoms with van der Waals surface area (Å²) in [4.78, 5) is 12.0. The Bertz CT molecular complexity index is 792. The smallest absolute Gasteiger partial charge is 0.231 e. The van der Waals surface area contributed by atoms with Crippen molar-refractivity contribution in [3.05, 3.63) is 42.0 Å². The van der Waals surface area contributed by atoms with Crippen molar-refractivity contribution in [1.82, 2.24) is 5.32 Å². The Morgan fingerprint density at radius 1 is 1.04 bits per heavy atom. The zero-order valence-electron chi connectivity index (χ0n) is 15.4. The van der Waals surface area contributed by atoms with Crippen LogP contribution < -0.4 is 29.0 Å². The Morgan fingerprint density at radius 2 is 1.85 bits per heavy atom. The number of nitrogens with one attached hydrogen (secondary N) is 1. The zero-order chi connectivity index (χ0) is 19.1. The number of carbonyl (C=O) groups is 1. The lowest BCUT2D eigenvalue weighted by Gasteiger charge is -2.10. The molecule has 0 saturated carbocycles. The SMILES string of the molecule is COc1ccc(CCC(=O)NCCOc2ccc3c(c2)OCO3)cc1OC. The van der Waals surface area contributed by atoms with E-state index >= 15 is 0 Å². The van der Waals surface area contributed by atoms with Gasteiger partial charge in [-0.3, -0.25) is 4.79 Å². The summed E-state index contributed by atoms with van der Waals surface area (Å²) >= 11 is 0. The molecule has 7 nitrogen and oxygen atoms in total. The molecule has 2 aromatic rings. The second kappa shape index (κ2) is 9.02. The maximum absolute atomic E-state index is 12.0. The first kappa shape index (κ1) is 18.7. The number of hydrogen-bond acceptors (Lipinski definition) is 6. The van der Waals surface area contributed by atoms with Gasteiger partial charge in [-0.15, -0.1) is 0 Å². The molecule has 0 bridgehead atoms. The molecule has 1 aliphatic heterocycles. The lowest BCUT2D eigenvalue weighted by atomic mass is 10.1. The van der Waals surface area contributed by atoms with E-state index < -0.39 is 0 Å². The second-order valence-corrected chi connectivity index (χ2v) is 5.90. The molecular formula is C20H23NO6. The molecule has 0 atom stereocenters. The molecule has 0 aliphatic carbocycles. The molecule has 7 heteroatoms. The largest absolute Gasteiger partial charge is 0.493 e. The van der Waals surface area contributed by atoms with Gasteiger partial charge in [0.2, 0.25) is 12.7 Å². The van der Waals surface area contributed by atoms with Crippen LogP contribution in [0.3, 0.4) is 0 Å². The number of rotatable bonds is 9. The zero-order valence-corrected chi connectivity index (χ0v) is 15.4. The van der Waals surface area contributed by atoms with E-state index in [-0.39, 0.29) is 12.7 Å². The first-order valence-electron chi connectivity index (χ1n) is 8.69. The number of benzene rings is 2. The van der Waals surface area contributed by atoms with Crippen molar-refractivity contribution in [2.45, 2.75) is 12.8 Å². The predicted molar refractivity (Wildman–Crippen MR) is 98.9 cm³/mol. The normalized spacial score (nSPS) is 11.8. The number of methoxy groups -OCH3 is 2. The summed E-state index contributed by atoms with van der Waals surface area (Å²) in [5.41, 5.74) is 1.01. The highest BCUT2D eigenvalue weighted by molar-refractivity contribution is 5.76. The highest BCUT2D eigenvalue weighted by Gasteiger charge is 2.13. The molecule has 2 aromatic carbocycles. The Hall–Kier alpha value is -3.09. The minimum atomic E-state index is -0.0286. The lowest BCUT2D eigenvalue weighted by Crippen LogP contribution is -2.28. The van der Waals surface area contributed by atoms with Gasteiger partial charge >= 0.3 is 0 Å². The molecule has 0 aromatic heterocycles. The third-order valence-corrected chi connectivity index (χ3v) is 4.13. The first-order chi connectivity index (χ1) is 13.2. The van der Waals surface area contributed by atoms with Crippen molar-refractivity contribution in [2.24, 2.45) is 0 Å². The van der Waals surface area contributed by atoms with E-state index in [4.69, 9.17) is 23.7 Å². The van der Waals surface area contributed by atoms with E-state index in [2.05, 4.69) is 5.32 Å². The number of aryl methyl sites for hydroxylation is 1. The van der Waals surface area contributed by atoms with Crippen LogP contribution in [0.4, 0.5) is 0 Å². The fourth-order valence-corrected chi connectivity index (χ4v) is 2.71. The predicted octanol–water partition coefficient (Wildman–Crippen LogP) is 2.56. The topological polar surface area (TPSA) is 75.3 Å². The van der Waals surface area contributed by atoms with Crippen LogP contribution in [0.2, 0.25) is 0 Å². The summed E-state index contributed by atoms with van der Waals surface area (Å²) < 4.78 is 26.7. The van der Waals surface area contributed by atoms with Crippen molar-refractivity contribution in [3.63, 3.8) is 0 Å². The van der Waals surface area contributed by atoms with E-state index in [0.29, 0.717) is 54.7 Å². The van der Waals surface area contributed by atoms with Gasteiger partial charge in [-0.1, -0.05) is 6.07 Å². The molecule has 0 saturated heterocycles. The van der Waals surface area contributed by atoms with Crippen molar-refractivity contribution < 1.29 is 28.5 Å². The molecule has 1 N–H and O–H groups in total. The van der Waals surface area contributed by atoms with E-state index in [9.17, 15) is 4.79 Å². The summed E-state index contributed by atoms with van der Waals surface area (Å²) in [5.74, 6) is 3.37. The highest BCUT2D eigenvalue weighted by atomic mass is 16.7. The minimum Gasteiger partial charge on any atom is -0.493 e. The van der Waals surface area contributed by atoms with Gasteiger partial charge in [0, 0.05) is 12.5 Å². The molecule has 0 spiro atoms. The fourth-order valence-electron chi connectivity index (χ4n) is 2.71. The van der Waals surface area contributed by atoms with Crippen molar-refractivity contribution in [3.8, 4) is 28.7 Å². The summed E-state index contributed by atoms with van der Waals surface area (Å²) in [6.45, 7) is 1.04. The molecule has 1 amide bonds. The quantitative estimate of drug-likeness (QED) is 0.681. The van der Waals surface area contributed by atoms with E-state index in [1.54, 1.807) is 26.4 Å². The van der Waals surface area contributed by atoms with Gasteiger partial charge in [0.25, 0.3) is 0 Å². The van der Waals surface area contributed by atoms with Crippen molar-refractivity contribution >= 4 is 5.91 Å². The maximum atomic E-state index is 12.0. The molecule has 0 fully saturated rings. The van der Waals surface area contributed by atoms with Gasteiger partial charge in [-0.05, 0) is 36.2 Å². The third-order valence-electron chi connectivity index (χ3n) is 4.13. The summed E-state index contributed by atoms with van der Waals surface area (Å²) in [6, 6.07) is 11.0. The van der Waals surface area contributed by atoms with Crippen LogP contribution in [0.5, 0.6) is 28.7 Å². The van der Waals surface area contributed by atoms with Crippen molar-refractivity contribution in [2.75, 3.05) is 34.2 Å². The molecule has 3 rings (SSSR count). The number of hydrogen-bond donors (Lipinski definition) is 1. The molecule has 0 radical (unpaired) electrons. The van der Waals surface area contributed by atoms with Gasteiger partial charge in [-0.25, -0.2) is 0 Å². The van der Waals surface area contributed by atoms with Gasteiger partial charge < -0.3 is 29.0 Å². The van der Waals surface area contributed by atoms with E-state index in [1.165, 1.54) is 0 Å². The average molecular weight is 373 g/mol. The summed E-state index contributed by atoms with van der Waals surface area (Å²) in [7, 11) is 3.19. The first-order valence-corrected chi connectivity index (χ1v) is 8.69. The Morgan fingerprint density at radius 3 is 2.67 bits per heavy atom. The number of ether oxygens (including phenoxy) is 5. The Labute approximate surface area is 158 Å². The Balaban J connectivity index is 1.37. The van der Waals surface area contributed by atoms with E-state index in [1.807, 2.05) is 24.3 Å². The molecule has 144 valence electrons. The third kappa shape index (κ3) is 4.97. The minimum absolute atomic E-state index is 0.0286. The van der Waals surface area contributed by atoms with Gasteiger partial charge in [-0.2, -0.15) is 0 Å². The van der Waals surface area contributed by atoms with E-state index in [0.717, 1.165) is 5.56 Å². The van der Waals surface area contributed by atoms with Gasteiger partial charge in [0.15, 0.2) is 23.0 Å². The summed E-state index contributed by atoms with van der Waals surface area (Å²) in [6.07, 6.45) is 1.01. The fraction of sp³-hybridized carbons (Fsp3) is 0.350. The molecular weight excluding hydrogens is 350 g/mol. The lowest BCUT2D eigenvalue weighted by molar-refractivity contribution is -0.121. The van der Waals surface area contributed by atoms with Crippen LogP contribution in [0, 0.1) is 0 Å². The summed E-state index contributed by atoms with van der Waals surface area (Å²) in [5, 5.41) is 2.85. The maximum Gasteiger partial charge on any atom is 0.231 e. The Kier molecular flexibility index (Phi) is 6.25. The second-order valence-electron chi connectivity index (χ2n) is 5.90. The van der Waals surface area contributed by atoms with Gasteiger partial charge in [0.05, 0.1) is 20.8 Å². The number of fused-ring (bicyclic) bond motifs is 1. The van der Waals surface area contributed by atoms with Crippen molar-refractivity contribution in [1.29, 1.82) is 0 Å².